The summed E-state index contributed by atoms with van der Waals surface area (Å²) in [4.78, 5) is 0. The lowest BCUT2D eigenvalue weighted by atomic mass is 9.98. The fraction of sp³-hybridized carbons (Fsp3) is 1.00. The van der Waals surface area contributed by atoms with Crippen LogP contribution >= 0.6 is 0 Å². The Bertz CT molecular complexity index is 146. The summed E-state index contributed by atoms with van der Waals surface area (Å²) in [7, 11) is 0. The molecule has 17 heavy (non-hydrogen) atoms. The highest BCUT2D eigenvalue weighted by Crippen LogP contribution is 2.13. The average Bonchev–Trinajstić information content (AvgIpc) is 2.31. The van der Waals surface area contributed by atoms with E-state index in [1.54, 1.807) is 0 Å². The summed E-state index contributed by atoms with van der Waals surface area (Å²) in [6.07, 6.45) is 13.8. The van der Waals surface area contributed by atoms with Crippen molar-refractivity contribution in [3.8, 4) is 0 Å². The topological polar surface area (TPSA) is 38.0 Å². The Labute approximate surface area is 109 Å². The van der Waals surface area contributed by atoms with E-state index in [0.29, 0.717) is 12.0 Å². The molecule has 104 valence electrons. The third-order valence-corrected chi connectivity index (χ3v) is 3.64. The van der Waals surface area contributed by atoms with Gasteiger partial charge in [-0.2, -0.15) is 0 Å². The van der Waals surface area contributed by atoms with Crippen molar-refractivity contribution in [1.29, 1.82) is 0 Å². The van der Waals surface area contributed by atoms with Crippen molar-refractivity contribution in [3.63, 3.8) is 0 Å². The summed E-state index contributed by atoms with van der Waals surface area (Å²) in [5.41, 5.74) is 2.93. The molecule has 2 nitrogen and oxygen atoms in total. The minimum atomic E-state index is 0.500. The molecule has 0 aromatic heterocycles. The second-order valence-electron chi connectivity index (χ2n) is 5.63. The van der Waals surface area contributed by atoms with Gasteiger partial charge in [0.1, 0.15) is 0 Å². The number of nitrogens with two attached hydrogens (primary N) is 1. The maximum absolute atomic E-state index is 5.53. The van der Waals surface area contributed by atoms with Crippen LogP contribution in [0.25, 0.3) is 0 Å². The zero-order valence-corrected chi connectivity index (χ0v) is 12.3. The Hall–Kier alpha value is -0.0800. The quantitative estimate of drug-likeness (QED) is 0.302. The van der Waals surface area contributed by atoms with Gasteiger partial charge in [-0.1, -0.05) is 78.6 Å². The standard InChI is InChI=1S/C15H34N2/c1-4-5-6-7-8-9-10-11-12-13-15(17-16)14(2)3/h14-15,17H,4-13,16H2,1-3H3. The first-order valence-electron chi connectivity index (χ1n) is 7.68. The van der Waals surface area contributed by atoms with Crippen LogP contribution in [0.2, 0.25) is 0 Å². The van der Waals surface area contributed by atoms with Gasteiger partial charge in [0.25, 0.3) is 0 Å². The monoisotopic (exact) mass is 242 g/mol. The number of hydrogen-bond donors (Lipinski definition) is 2. The molecule has 0 aliphatic rings. The Balaban J connectivity index is 3.17. The lowest BCUT2D eigenvalue weighted by molar-refractivity contribution is 0.369. The van der Waals surface area contributed by atoms with E-state index in [9.17, 15) is 0 Å². The molecular weight excluding hydrogens is 208 g/mol. The van der Waals surface area contributed by atoms with Gasteiger partial charge < -0.3 is 0 Å². The summed E-state index contributed by atoms with van der Waals surface area (Å²) in [5.74, 6) is 6.18. The van der Waals surface area contributed by atoms with Crippen molar-refractivity contribution in [2.24, 2.45) is 11.8 Å². The highest BCUT2D eigenvalue weighted by Gasteiger charge is 2.09. The van der Waals surface area contributed by atoms with Crippen molar-refractivity contribution in [2.75, 3.05) is 0 Å². The molecule has 1 atom stereocenters. The Morgan fingerprint density at radius 2 is 1.29 bits per heavy atom. The second-order valence-corrected chi connectivity index (χ2v) is 5.63. The minimum absolute atomic E-state index is 0.500. The van der Waals surface area contributed by atoms with Gasteiger partial charge in [0.2, 0.25) is 0 Å². The smallest absolute Gasteiger partial charge is 0.0233 e. The highest BCUT2D eigenvalue weighted by molar-refractivity contribution is 4.67. The van der Waals surface area contributed by atoms with Crippen LogP contribution in [0.1, 0.15) is 85.0 Å². The fourth-order valence-electron chi connectivity index (χ4n) is 2.28. The number of unbranched alkanes of at least 4 members (excludes halogenated alkanes) is 8. The zero-order chi connectivity index (χ0) is 12.9. The first kappa shape index (κ1) is 16.9. The molecule has 0 aliphatic heterocycles. The maximum Gasteiger partial charge on any atom is 0.0233 e. The summed E-state index contributed by atoms with van der Waals surface area (Å²) in [5, 5.41) is 0. The van der Waals surface area contributed by atoms with E-state index >= 15 is 0 Å². The molecule has 0 spiro atoms. The molecule has 0 bridgehead atoms. The summed E-state index contributed by atoms with van der Waals surface area (Å²) in [6, 6.07) is 0.500. The van der Waals surface area contributed by atoms with E-state index in [4.69, 9.17) is 5.84 Å². The number of rotatable bonds is 12. The Kier molecular flexibility index (Phi) is 12.3. The molecule has 0 radical (unpaired) electrons. The molecule has 0 saturated carbocycles. The Morgan fingerprint density at radius 1 is 0.824 bits per heavy atom. The molecule has 0 aliphatic carbocycles. The molecule has 0 fully saturated rings. The van der Waals surface area contributed by atoms with E-state index in [1.165, 1.54) is 64.2 Å². The predicted molar refractivity (Wildman–Crippen MR) is 77.8 cm³/mol. The predicted octanol–water partition coefficient (Wildman–Crippen LogP) is 4.40. The number of nitrogens with one attached hydrogen (secondary N) is 1. The van der Waals surface area contributed by atoms with Crippen LogP contribution in [0.15, 0.2) is 0 Å². The van der Waals surface area contributed by atoms with Crippen LogP contribution in [-0.2, 0) is 0 Å². The lowest BCUT2D eigenvalue weighted by Crippen LogP contribution is -2.38. The van der Waals surface area contributed by atoms with Gasteiger partial charge in [0, 0.05) is 6.04 Å². The maximum atomic E-state index is 5.53. The van der Waals surface area contributed by atoms with Gasteiger partial charge >= 0.3 is 0 Å². The highest BCUT2D eigenvalue weighted by atomic mass is 15.2. The van der Waals surface area contributed by atoms with Gasteiger partial charge in [-0.3, -0.25) is 11.3 Å². The average molecular weight is 242 g/mol. The molecule has 3 N–H and O–H groups in total. The normalized spacial score (nSPS) is 13.2. The third kappa shape index (κ3) is 10.8. The van der Waals surface area contributed by atoms with Gasteiger partial charge in [0.05, 0.1) is 0 Å². The van der Waals surface area contributed by atoms with Crippen LogP contribution in [0.4, 0.5) is 0 Å². The van der Waals surface area contributed by atoms with E-state index in [1.807, 2.05) is 0 Å². The molecule has 2 heteroatoms. The summed E-state index contributed by atoms with van der Waals surface area (Å²) in [6.45, 7) is 6.74. The number of hydrazine groups is 1. The summed E-state index contributed by atoms with van der Waals surface area (Å²) < 4.78 is 0. The van der Waals surface area contributed by atoms with Crippen LogP contribution in [-0.4, -0.2) is 6.04 Å². The van der Waals surface area contributed by atoms with Crippen molar-refractivity contribution in [2.45, 2.75) is 91.0 Å². The third-order valence-electron chi connectivity index (χ3n) is 3.64. The van der Waals surface area contributed by atoms with E-state index in [-0.39, 0.29) is 0 Å². The van der Waals surface area contributed by atoms with Crippen LogP contribution in [0.5, 0.6) is 0 Å². The second kappa shape index (κ2) is 12.4. The van der Waals surface area contributed by atoms with Crippen molar-refractivity contribution in [3.05, 3.63) is 0 Å². The molecule has 0 heterocycles. The van der Waals surface area contributed by atoms with Crippen LogP contribution < -0.4 is 11.3 Å². The SMILES string of the molecule is CCCCCCCCCCCC(NN)C(C)C. The molecule has 0 amide bonds. The van der Waals surface area contributed by atoms with Crippen molar-refractivity contribution >= 4 is 0 Å². The fourth-order valence-corrected chi connectivity index (χ4v) is 2.28. The molecule has 0 aromatic carbocycles. The summed E-state index contributed by atoms with van der Waals surface area (Å²) >= 11 is 0. The van der Waals surface area contributed by atoms with Gasteiger partial charge in [-0.05, 0) is 12.3 Å². The first-order chi connectivity index (χ1) is 8.22. The van der Waals surface area contributed by atoms with Gasteiger partial charge in [-0.25, -0.2) is 0 Å². The molecule has 0 aromatic rings. The van der Waals surface area contributed by atoms with Crippen molar-refractivity contribution < 1.29 is 0 Å². The lowest BCUT2D eigenvalue weighted by Gasteiger charge is -2.19. The largest absolute Gasteiger partial charge is 0.271 e. The zero-order valence-electron chi connectivity index (χ0n) is 12.3. The Morgan fingerprint density at radius 3 is 1.71 bits per heavy atom. The van der Waals surface area contributed by atoms with Crippen LogP contribution in [0, 0.1) is 5.92 Å². The molecule has 0 rings (SSSR count). The van der Waals surface area contributed by atoms with Crippen molar-refractivity contribution in [1.82, 2.24) is 5.43 Å². The van der Waals surface area contributed by atoms with Gasteiger partial charge in [-0.15, -0.1) is 0 Å². The molecular formula is C15H34N2. The van der Waals surface area contributed by atoms with E-state index in [2.05, 4.69) is 26.2 Å². The van der Waals surface area contributed by atoms with E-state index < -0.39 is 0 Å². The molecule has 1 unspecified atom stereocenters. The first-order valence-corrected chi connectivity index (χ1v) is 7.68. The minimum Gasteiger partial charge on any atom is -0.271 e. The molecule has 0 saturated heterocycles. The number of hydrogen-bond acceptors (Lipinski definition) is 2. The van der Waals surface area contributed by atoms with Gasteiger partial charge in [0.15, 0.2) is 0 Å². The van der Waals surface area contributed by atoms with E-state index in [0.717, 1.165) is 0 Å². The van der Waals surface area contributed by atoms with Crippen LogP contribution in [0.3, 0.4) is 0 Å².